The Bertz CT molecular complexity index is 2700. The average Bonchev–Trinajstić information content (AvgIpc) is 3.91. The predicted molar refractivity (Wildman–Crippen MR) is 204 cm³/mol. The molecule has 5 aromatic carbocycles. The Morgan fingerprint density at radius 3 is 2.26 bits per heavy atom. The summed E-state index contributed by atoms with van der Waals surface area (Å²) in [5.74, 6) is 2.45. The molecule has 50 heavy (non-hydrogen) atoms. The first kappa shape index (κ1) is 28.2. The van der Waals surface area contributed by atoms with Gasteiger partial charge in [0.25, 0.3) is 0 Å². The zero-order valence-electron chi connectivity index (χ0n) is 27.4. The molecule has 8 aromatic rings. The molecule has 5 heterocycles. The van der Waals surface area contributed by atoms with Crippen molar-refractivity contribution >= 4 is 54.0 Å². The minimum atomic E-state index is -3.27. The van der Waals surface area contributed by atoms with Crippen LogP contribution in [-0.4, -0.2) is 32.6 Å². The van der Waals surface area contributed by atoms with Gasteiger partial charge in [-0.25, -0.2) is 0 Å². The summed E-state index contributed by atoms with van der Waals surface area (Å²) < 4.78 is 17.5. The first-order valence-corrected chi connectivity index (χ1v) is 21.7. The Kier molecular flexibility index (Phi) is 6.02. The van der Waals surface area contributed by atoms with E-state index in [0.717, 1.165) is 34.0 Å². The summed E-state index contributed by atoms with van der Waals surface area (Å²) in [5, 5.41) is 7.53. The van der Waals surface area contributed by atoms with E-state index >= 15 is 0 Å². The summed E-state index contributed by atoms with van der Waals surface area (Å²) in [6.07, 6.45) is 8.86. The fraction of sp³-hybridized carbons (Fsp3) is 0.0909. The molecular formula is C44H32GeN4O. The van der Waals surface area contributed by atoms with Gasteiger partial charge in [-0.2, -0.15) is 0 Å². The maximum absolute atomic E-state index is 6.68. The van der Waals surface area contributed by atoms with Crippen molar-refractivity contribution in [3.63, 3.8) is 0 Å². The monoisotopic (exact) mass is 706 g/mol. The molecule has 1 spiro atoms. The van der Waals surface area contributed by atoms with Crippen molar-refractivity contribution in [2.75, 3.05) is 0 Å². The van der Waals surface area contributed by atoms with Crippen LogP contribution in [0.15, 0.2) is 150 Å². The van der Waals surface area contributed by atoms with Crippen molar-refractivity contribution in [3.8, 4) is 34.1 Å². The third-order valence-corrected chi connectivity index (χ3v) is 21.9. The Labute approximate surface area is 292 Å². The topological polar surface area (TPSA) is 44.9 Å². The number of ether oxygens (including phenoxy) is 1. The van der Waals surface area contributed by atoms with Crippen LogP contribution in [-0.2, 0) is 0 Å². The number of aromatic nitrogens is 4. The van der Waals surface area contributed by atoms with E-state index in [4.69, 9.17) is 14.8 Å². The molecule has 3 aromatic heterocycles. The van der Waals surface area contributed by atoms with Gasteiger partial charge < -0.3 is 0 Å². The molecule has 0 N–H and O–H groups in total. The summed E-state index contributed by atoms with van der Waals surface area (Å²) in [5.41, 5.74) is 9.00. The molecule has 2 aliphatic heterocycles. The zero-order valence-corrected chi connectivity index (χ0v) is 29.5. The molecule has 11 rings (SSSR count). The minimum absolute atomic E-state index is 0.781. The van der Waals surface area contributed by atoms with Crippen LogP contribution in [0.4, 0.5) is 0 Å². The van der Waals surface area contributed by atoms with Crippen LogP contribution in [0.3, 0.4) is 0 Å². The van der Waals surface area contributed by atoms with Crippen molar-refractivity contribution in [2.45, 2.75) is 25.7 Å². The van der Waals surface area contributed by atoms with E-state index in [-0.39, 0.29) is 0 Å². The van der Waals surface area contributed by atoms with Crippen LogP contribution < -0.4 is 18.1 Å². The average molecular weight is 705 g/mol. The van der Waals surface area contributed by atoms with Gasteiger partial charge in [-0.15, -0.1) is 0 Å². The quantitative estimate of drug-likeness (QED) is 0.173. The van der Waals surface area contributed by atoms with Gasteiger partial charge in [-0.1, -0.05) is 18.2 Å². The van der Waals surface area contributed by atoms with Gasteiger partial charge in [0, 0.05) is 6.20 Å². The number of hydrogen-bond donors (Lipinski definition) is 0. The number of pyridine rings is 1. The number of fused-ring (bicyclic) bond motifs is 12. The fourth-order valence-electron chi connectivity index (χ4n) is 9.27. The van der Waals surface area contributed by atoms with E-state index in [1.54, 1.807) is 18.8 Å². The first-order chi connectivity index (χ1) is 24.8. The van der Waals surface area contributed by atoms with Crippen molar-refractivity contribution in [1.29, 1.82) is 0 Å². The minimum Gasteiger partial charge on any atom is 0.0292 e. The molecule has 0 saturated heterocycles. The van der Waals surface area contributed by atoms with Gasteiger partial charge in [0.05, 0.1) is 0 Å². The molecular weight excluding hydrogens is 673 g/mol. The second-order valence-corrected chi connectivity index (χ2v) is 21.3. The molecule has 1 unspecified atom stereocenters. The van der Waals surface area contributed by atoms with Crippen molar-refractivity contribution < 1.29 is 4.74 Å². The van der Waals surface area contributed by atoms with Gasteiger partial charge in [0.2, 0.25) is 0 Å². The maximum atomic E-state index is 6.68. The normalized spacial score (nSPS) is 17.3. The van der Waals surface area contributed by atoms with Gasteiger partial charge in [-0.3, -0.25) is 0 Å². The van der Waals surface area contributed by atoms with Gasteiger partial charge in [0.15, 0.2) is 0 Å². The van der Waals surface area contributed by atoms with E-state index in [2.05, 4.69) is 131 Å². The van der Waals surface area contributed by atoms with Crippen LogP contribution in [0.1, 0.15) is 31.2 Å². The third kappa shape index (κ3) is 3.78. The molecule has 1 atom stereocenters. The molecule has 5 nitrogen and oxygen atoms in total. The van der Waals surface area contributed by atoms with E-state index < -0.39 is 13.3 Å². The molecule has 0 amide bonds. The van der Waals surface area contributed by atoms with Crippen molar-refractivity contribution in [2.24, 2.45) is 0 Å². The molecule has 1 aliphatic carbocycles. The van der Waals surface area contributed by atoms with Gasteiger partial charge in [-0.05, 0) is 6.07 Å². The standard InChI is InChI=1S/C44H32GeN4O/c1-5-18-38-32(14-1)33-15-2-6-19-39(33)45(38)40-20-7-3-16-34(40)37-28-47-49(44(37)45)29-12-11-13-30(26-29)50-31-23-24-36-35-17-4-8-21-41(35)48(42(36)27-31)43-22-9-10-25-46-43/h1,3-5,7-14,16-18,20-28H,2,6,15,19H2. The molecule has 0 saturated carbocycles. The summed E-state index contributed by atoms with van der Waals surface area (Å²) in [4.78, 5) is 4.70. The molecule has 0 bridgehead atoms. The van der Waals surface area contributed by atoms with E-state index in [1.807, 2.05) is 24.4 Å². The molecule has 0 radical (unpaired) electrons. The van der Waals surface area contributed by atoms with Crippen LogP contribution in [0.25, 0.3) is 50.0 Å². The molecule has 0 fully saturated rings. The Hall–Kier alpha value is -5.66. The zero-order chi connectivity index (χ0) is 32.8. The summed E-state index contributed by atoms with van der Waals surface area (Å²) >= 11 is -3.27. The summed E-state index contributed by atoms with van der Waals surface area (Å²) in [7, 11) is 0. The van der Waals surface area contributed by atoms with E-state index in [9.17, 15) is 0 Å². The predicted octanol–water partition coefficient (Wildman–Crippen LogP) is 8.49. The van der Waals surface area contributed by atoms with Crippen LogP contribution in [0.5, 0.6) is 11.5 Å². The summed E-state index contributed by atoms with van der Waals surface area (Å²) in [6.45, 7) is 0. The number of allylic oxidation sites excluding steroid dienone is 2. The number of hydrogen-bond acceptors (Lipinski definition) is 3. The van der Waals surface area contributed by atoms with Crippen LogP contribution >= 0.6 is 0 Å². The fourth-order valence-corrected chi connectivity index (χ4v) is 22.0. The number of benzene rings is 5. The molecule has 6 heteroatoms. The second-order valence-electron chi connectivity index (χ2n) is 13.6. The number of nitrogens with zero attached hydrogens (tertiary/aromatic N) is 4. The molecule has 238 valence electrons. The molecule has 3 aliphatic rings. The third-order valence-electron chi connectivity index (χ3n) is 11.1. The number of para-hydroxylation sites is 1. The van der Waals surface area contributed by atoms with Crippen LogP contribution in [0.2, 0.25) is 0 Å². The summed E-state index contributed by atoms with van der Waals surface area (Å²) in [6, 6.07) is 47.9. The van der Waals surface area contributed by atoms with E-state index in [0.29, 0.717) is 0 Å². The van der Waals surface area contributed by atoms with Gasteiger partial charge in [0.1, 0.15) is 0 Å². The number of rotatable bonds is 4. The Morgan fingerprint density at radius 1 is 0.600 bits per heavy atom. The first-order valence-electron chi connectivity index (χ1n) is 17.5. The van der Waals surface area contributed by atoms with Crippen molar-refractivity contribution in [3.05, 3.63) is 156 Å². The smallest absolute Gasteiger partial charge is 0.0292 e. The van der Waals surface area contributed by atoms with E-state index in [1.165, 1.54) is 57.7 Å². The Morgan fingerprint density at radius 2 is 1.36 bits per heavy atom. The van der Waals surface area contributed by atoms with Crippen LogP contribution in [0, 0.1) is 0 Å². The van der Waals surface area contributed by atoms with Gasteiger partial charge >= 0.3 is 263 Å². The Balaban J connectivity index is 1.05. The van der Waals surface area contributed by atoms with Crippen molar-refractivity contribution in [1.82, 2.24) is 19.3 Å². The second kappa shape index (κ2) is 10.7. The SMILES string of the molecule is c1ccc(-n2c3ccccc3c3ccc(Oc4cccc(-n5ncc6[c]5[Ge]5([C]7=C(CCCC7)c7cccc[c]75)[c]5ccccc5-6)c4)cc32)nc1.